The molecule has 5 aliphatic rings. The Morgan fingerprint density at radius 1 is 1.08 bits per heavy atom. The van der Waals surface area contributed by atoms with Crippen LogP contribution in [-0.4, -0.2) is 91.8 Å². The molecule has 0 spiro atoms. The number of hydrogen-bond donors (Lipinski definition) is 2. The molecule has 0 radical (unpaired) electrons. The summed E-state index contributed by atoms with van der Waals surface area (Å²) in [6, 6.07) is 1.48. The zero-order valence-corrected chi connectivity index (χ0v) is 28.0. The lowest BCUT2D eigenvalue weighted by Crippen LogP contribution is -2.76. The minimum Gasteiger partial charge on any atom is -0.504 e. The number of carbonyl (C=O) groups is 2. The third-order valence-corrected chi connectivity index (χ3v) is 11.5. The van der Waals surface area contributed by atoms with Crippen LogP contribution in [0.15, 0.2) is 23.4 Å². The number of aromatic nitrogens is 8. The second kappa shape index (κ2) is 10.6. The molecule has 5 heterocycles. The van der Waals surface area contributed by atoms with Crippen LogP contribution in [0.2, 0.25) is 0 Å². The maximum Gasteiger partial charge on any atom is 0.276 e. The fourth-order valence-electron chi connectivity index (χ4n) is 8.68. The maximum absolute atomic E-state index is 14.5. The van der Waals surface area contributed by atoms with Crippen molar-refractivity contribution >= 4 is 28.7 Å². The van der Waals surface area contributed by atoms with E-state index in [1.54, 1.807) is 35.8 Å². The zero-order valence-electron chi connectivity index (χ0n) is 28.0. The van der Waals surface area contributed by atoms with Crippen LogP contribution in [0.25, 0.3) is 17.0 Å². The first kappa shape index (κ1) is 30.5. The SMILES string of the molecule is CCc1c(N2CCN(C(=O)c3ncnc(C)c3O)[C@H]3CC[C@@H]32)c(=O)c2nn(-c3ccn(C)n3)nc2n1CC(=O)NC12CC(C(C)C)(C1)C2. The topological polar surface area (TPSA) is 169 Å². The molecule has 2 amide bonds. The molecule has 1 saturated heterocycles. The van der Waals surface area contributed by atoms with Gasteiger partial charge in [-0.15, -0.1) is 15.0 Å². The molecule has 2 atom stereocenters. The molecular formula is C33H41N11O4. The Kier molecular flexibility index (Phi) is 6.73. The van der Waals surface area contributed by atoms with Crippen molar-refractivity contribution in [2.75, 3.05) is 18.0 Å². The average molecular weight is 656 g/mol. The van der Waals surface area contributed by atoms with Gasteiger partial charge in [0.25, 0.3) is 5.91 Å². The van der Waals surface area contributed by atoms with Crippen molar-refractivity contribution < 1.29 is 14.7 Å². The van der Waals surface area contributed by atoms with Gasteiger partial charge in [0.05, 0.1) is 11.7 Å². The number of piperazine rings is 1. The number of aromatic hydroxyl groups is 1. The molecule has 5 fully saturated rings. The molecule has 2 N–H and O–H groups in total. The predicted molar refractivity (Wildman–Crippen MR) is 175 cm³/mol. The van der Waals surface area contributed by atoms with Crippen LogP contribution in [0.4, 0.5) is 5.69 Å². The van der Waals surface area contributed by atoms with Crippen molar-refractivity contribution in [3.05, 3.63) is 45.9 Å². The number of hydrogen-bond acceptors (Lipinski definition) is 10. The highest BCUT2D eigenvalue weighted by molar-refractivity contribution is 5.95. The van der Waals surface area contributed by atoms with Crippen molar-refractivity contribution in [1.82, 2.24) is 49.5 Å². The Bertz CT molecular complexity index is 2020. The number of fused-ring (bicyclic) bond motifs is 2. The summed E-state index contributed by atoms with van der Waals surface area (Å²) < 4.78 is 3.49. The van der Waals surface area contributed by atoms with Gasteiger partial charge < -0.3 is 24.8 Å². The second-order valence-electron chi connectivity index (χ2n) is 14.5. The van der Waals surface area contributed by atoms with Gasteiger partial charge in [0.15, 0.2) is 28.4 Å². The number of carbonyl (C=O) groups excluding carboxylic acids is 2. The van der Waals surface area contributed by atoms with Crippen LogP contribution in [0.1, 0.15) is 74.8 Å². The maximum atomic E-state index is 14.5. The summed E-state index contributed by atoms with van der Waals surface area (Å²) in [6.45, 7) is 8.86. The van der Waals surface area contributed by atoms with Crippen molar-refractivity contribution in [2.24, 2.45) is 18.4 Å². The summed E-state index contributed by atoms with van der Waals surface area (Å²) in [4.78, 5) is 55.1. The Labute approximate surface area is 276 Å². The number of anilines is 1. The summed E-state index contributed by atoms with van der Waals surface area (Å²) in [7, 11) is 1.80. The van der Waals surface area contributed by atoms with Gasteiger partial charge in [-0.05, 0) is 56.8 Å². The predicted octanol–water partition coefficient (Wildman–Crippen LogP) is 1.87. The van der Waals surface area contributed by atoms with Crippen LogP contribution in [0.5, 0.6) is 5.75 Å². The Morgan fingerprint density at radius 3 is 2.48 bits per heavy atom. The molecule has 0 aromatic carbocycles. The summed E-state index contributed by atoms with van der Waals surface area (Å²) in [6.07, 6.45) is 8.09. The number of rotatable bonds is 8. The van der Waals surface area contributed by atoms with E-state index in [0.29, 0.717) is 59.4 Å². The minimum absolute atomic E-state index is 0.00315. The van der Waals surface area contributed by atoms with Gasteiger partial charge in [-0.3, -0.25) is 19.1 Å². The molecule has 0 unspecified atom stereocenters. The molecule has 15 heteroatoms. The van der Waals surface area contributed by atoms with Gasteiger partial charge in [0.2, 0.25) is 11.3 Å². The fraction of sp³-hybridized carbons (Fsp3) is 0.576. The van der Waals surface area contributed by atoms with Gasteiger partial charge >= 0.3 is 0 Å². The molecule has 1 aliphatic heterocycles. The number of aryl methyl sites for hydroxylation is 2. The van der Waals surface area contributed by atoms with E-state index in [-0.39, 0.29) is 58.4 Å². The van der Waals surface area contributed by atoms with E-state index in [4.69, 9.17) is 5.10 Å². The zero-order chi connectivity index (χ0) is 33.7. The summed E-state index contributed by atoms with van der Waals surface area (Å²) in [5, 5.41) is 27.6. The monoisotopic (exact) mass is 655 g/mol. The normalized spacial score (nSPS) is 25.8. The first-order valence-corrected chi connectivity index (χ1v) is 16.9. The van der Waals surface area contributed by atoms with Gasteiger partial charge in [-0.2, -0.15) is 5.10 Å². The van der Waals surface area contributed by atoms with Gasteiger partial charge in [0.1, 0.15) is 18.6 Å². The second-order valence-corrected chi connectivity index (χ2v) is 14.5. The molecule has 15 nitrogen and oxygen atoms in total. The van der Waals surface area contributed by atoms with Crippen LogP contribution in [0.3, 0.4) is 0 Å². The van der Waals surface area contributed by atoms with Crippen LogP contribution >= 0.6 is 0 Å². The third kappa shape index (κ3) is 4.38. The highest BCUT2D eigenvalue weighted by Gasteiger charge is 2.69. The number of amides is 2. The van der Waals surface area contributed by atoms with Crippen LogP contribution in [0, 0.1) is 18.3 Å². The third-order valence-electron chi connectivity index (χ3n) is 11.5. The highest BCUT2D eigenvalue weighted by atomic mass is 16.3. The largest absolute Gasteiger partial charge is 0.504 e. The Morgan fingerprint density at radius 2 is 1.83 bits per heavy atom. The molecule has 4 saturated carbocycles. The Hall–Kier alpha value is -4.82. The standard InChI is InChI=1S/C33H41N11O4/c1-6-20-27(41-11-12-42(22-8-7-21(22)41)31(48)26-28(46)19(4)34-17-35-26)29(47)25-30(39-44(38-25)23-9-10-40(5)37-23)43(20)13-24(45)36-33-14-32(15-33,16-33)18(2)3/h9-10,17-18,21-22,46H,6-8,11-16H2,1-5H3,(H,36,45)/t21-,22-,32?,33?/m0/s1. The van der Waals surface area contributed by atoms with E-state index in [0.717, 1.165) is 32.1 Å². The van der Waals surface area contributed by atoms with E-state index in [2.05, 4.69) is 44.2 Å². The summed E-state index contributed by atoms with van der Waals surface area (Å²) in [5.74, 6) is 0.383. The first-order valence-electron chi connectivity index (χ1n) is 16.9. The molecule has 2 bridgehead atoms. The molecular weight excluding hydrogens is 614 g/mol. The van der Waals surface area contributed by atoms with Crippen molar-refractivity contribution in [1.29, 1.82) is 0 Å². The summed E-state index contributed by atoms with van der Waals surface area (Å²) in [5.41, 5.74) is 1.99. The number of pyridine rings is 1. The van der Waals surface area contributed by atoms with E-state index in [1.807, 2.05) is 11.5 Å². The molecule has 4 aromatic heterocycles. The van der Waals surface area contributed by atoms with Crippen molar-refractivity contribution in [2.45, 2.75) is 90.4 Å². The minimum atomic E-state index is -0.348. The van der Waals surface area contributed by atoms with E-state index < -0.39 is 0 Å². The van der Waals surface area contributed by atoms with Crippen LogP contribution in [-0.2, 0) is 24.8 Å². The molecule has 252 valence electrons. The van der Waals surface area contributed by atoms with E-state index in [1.165, 1.54) is 11.1 Å². The van der Waals surface area contributed by atoms with Crippen LogP contribution < -0.4 is 15.6 Å². The quantitative estimate of drug-likeness (QED) is 0.286. The lowest BCUT2D eigenvalue weighted by Gasteiger charge is -2.72. The van der Waals surface area contributed by atoms with Gasteiger partial charge in [-0.1, -0.05) is 20.8 Å². The first-order chi connectivity index (χ1) is 22.9. The molecule has 9 rings (SSSR count). The van der Waals surface area contributed by atoms with Crippen molar-refractivity contribution in [3.8, 4) is 11.6 Å². The molecule has 4 aliphatic carbocycles. The van der Waals surface area contributed by atoms with Crippen molar-refractivity contribution in [3.63, 3.8) is 0 Å². The van der Waals surface area contributed by atoms with E-state index in [9.17, 15) is 19.5 Å². The summed E-state index contributed by atoms with van der Waals surface area (Å²) >= 11 is 0. The molecule has 4 aromatic rings. The average Bonchev–Trinajstić information content (AvgIpc) is 3.63. The number of nitrogens with zero attached hydrogens (tertiary/aromatic N) is 10. The van der Waals surface area contributed by atoms with Gasteiger partial charge in [-0.25, -0.2) is 9.97 Å². The highest BCUT2D eigenvalue weighted by Crippen LogP contribution is 2.70. The smallest absolute Gasteiger partial charge is 0.276 e. The van der Waals surface area contributed by atoms with Gasteiger partial charge in [0, 0.05) is 49.7 Å². The fourth-order valence-corrected chi connectivity index (χ4v) is 8.68. The number of nitrogens with one attached hydrogen (secondary N) is 1. The lowest BCUT2D eigenvalue weighted by atomic mass is 9.36. The van der Waals surface area contributed by atoms with E-state index >= 15 is 0 Å². The lowest BCUT2D eigenvalue weighted by molar-refractivity contribution is -0.187. The molecule has 48 heavy (non-hydrogen) atoms. The Balaban J connectivity index is 1.16.